The van der Waals surface area contributed by atoms with Gasteiger partial charge in [0.15, 0.2) is 5.78 Å². The third-order valence-corrected chi connectivity index (χ3v) is 4.72. The molecule has 1 nitrogen and oxygen atoms in total. The van der Waals surface area contributed by atoms with Crippen LogP contribution in [-0.2, 0) is 0 Å². The van der Waals surface area contributed by atoms with E-state index in [1.54, 1.807) is 0 Å². The van der Waals surface area contributed by atoms with E-state index in [0.29, 0.717) is 5.92 Å². The molecule has 2 aromatic carbocycles. The molecular weight excluding hydrogens is 256 g/mol. The van der Waals surface area contributed by atoms with Crippen molar-refractivity contribution in [2.24, 2.45) is 5.92 Å². The van der Waals surface area contributed by atoms with Gasteiger partial charge in [0.1, 0.15) is 0 Å². The van der Waals surface area contributed by atoms with Crippen molar-refractivity contribution in [3.8, 4) is 0 Å². The molecule has 0 saturated carbocycles. The summed E-state index contributed by atoms with van der Waals surface area (Å²) in [4.78, 5) is 12.7. The molecule has 1 aliphatic rings. The molecule has 0 unspecified atom stereocenters. The van der Waals surface area contributed by atoms with Crippen LogP contribution in [0.15, 0.2) is 71.8 Å². The van der Waals surface area contributed by atoms with E-state index in [4.69, 9.17) is 0 Å². The lowest BCUT2D eigenvalue weighted by Crippen LogP contribution is -2.14. The fourth-order valence-corrected chi connectivity index (χ4v) is 3.32. The van der Waals surface area contributed by atoms with E-state index in [2.05, 4.69) is 38.1 Å². The maximum absolute atomic E-state index is 12.7. The second kappa shape index (κ2) is 5.69. The Morgan fingerprint density at radius 1 is 0.857 bits per heavy atom. The largest absolute Gasteiger partial charge is 0.294 e. The van der Waals surface area contributed by atoms with E-state index < -0.39 is 0 Å². The van der Waals surface area contributed by atoms with Crippen molar-refractivity contribution in [3.63, 3.8) is 0 Å². The first-order valence-corrected chi connectivity index (χ1v) is 7.50. The Kier molecular flexibility index (Phi) is 3.74. The van der Waals surface area contributed by atoms with Crippen LogP contribution >= 0.6 is 0 Å². The van der Waals surface area contributed by atoms with Crippen LogP contribution in [0.5, 0.6) is 0 Å². The van der Waals surface area contributed by atoms with Crippen molar-refractivity contribution in [3.05, 3.63) is 82.9 Å². The van der Waals surface area contributed by atoms with Crippen LogP contribution in [0.2, 0.25) is 0 Å². The van der Waals surface area contributed by atoms with Crippen molar-refractivity contribution in [2.45, 2.75) is 26.2 Å². The molecule has 0 fully saturated rings. The highest BCUT2D eigenvalue weighted by Crippen LogP contribution is 2.43. The van der Waals surface area contributed by atoms with Gasteiger partial charge >= 0.3 is 0 Å². The highest BCUT2D eigenvalue weighted by molar-refractivity contribution is 6.00. The van der Waals surface area contributed by atoms with Crippen molar-refractivity contribution in [2.75, 3.05) is 0 Å². The lowest BCUT2D eigenvalue weighted by Gasteiger charge is -2.14. The van der Waals surface area contributed by atoms with Crippen LogP contribution in [0.1, 0.15) is 42.1 Å². The molecule has 0 saturated heterocycles. The number of Topliss-reactive ketones (excluding diaryl/α,β-unsaturated/α-hetero) is 1. The van der Waals surface area contributed by atoms with Gasteiger partial charge in [-0.2, -0.15) is 0 Å². The van der Waals surface area contributed by atoms with Gasteiger partial charge in [-0.1, -0.05) is 71.8 Å². The molecule has 106 valence electrons. The summed E-state index contributed by atoms with van der Waals surface area (Å²) in [6.45, 7) is 4.29. The summed E-state index contributed by atoms with van der Waals surface area (Å²) in [7, 11) is 0. The Morgan fingerprint density at radius 3 is 2.05 bits per heavy atom. The summed E-state index contributed by atoms with van der Waals surface area (Å²) in [5.74, 6) is 0.660. The monoisotopic (exact) mass is 276 g/mol. The first-order chi connectivity index (χ1) is 10.2. The number of carbonyl (C=O) groups excluding carboxylic acids is 1. The molecule has 0 radical (unpaired) electrons. The average Bonchev–Trinajstić information content (AvgIpc) is 2.84. The quantitative estimate of drug-likeness (QED) is 0.569. The minimum absolute atomic E-state index is 0.0256. The second-order valence-electron chi connectivity index (χ2n) is 5.85. The molecule has 2 aromatic rings. The molecule has 0 N–H and O–H groups in total. The van der Waals surface area contributed by atoms with Crippen molar-refractivity contribution in [1.82, 2.24) is 0 Å². The standard InChI is InChI=1S/C20H20O/c1-14-15(2)19(20(21)17-11-7-4-8-12-17)13-18(14)16-9-5-3-6-10-16/h3-12,18-19H,13H2,1-2H3/t18-,19+/m0/s1. The van der Waals surface area contributed by atoms with Crippen LogP contribution in [0, 0.1) is 5.92 Å². The van der Waals surface area contributed by atoms with Crippen molar-refractivity contribution in [1.29, 1.82) is 0 Å². The molecule has 0 heterocycles. The van der Waals surface area contributed by atoms with Gasteiger partial charge in [-0.05, 0) is 25.8 Å². The summed E-state index contributed by atoms with van der Waals surface area (Å²) in [5, 5.41) is 0. The fourth-order valence-electron chi connectivity index (χ4n) is 3.32. The van der Waals surface area contributed by atoms with Crippen LogP contribution in [0.3, 0.4) is 0 Å². The number of carbonyl (C=O) groups is 1. The van der Waals surface area contributed by atoms with Gasteiger partial charge in [-0.15, -0.1) is 0 Å². The summed E-state index contributed by atoms with van der Waals surface area (Å²) < 4.78 is 0. The zero-order valence-corrected chi connectivity index (χ0v) is 12.5. The fraction of sp³-hybridized carbons (Fsp3) is 0.250. The zero-order chi connectivity index (χ0) is 14.8. The van der Waals surface area contributed by atoms with E-state index >= 15 is 0 Å². The van der Waals surface area contributed by atoms with Crippen LogP contribution < -0.4 is 0 Å². The van der Waals surface area contributed by atoms with Gasteiger partial charge in [0, 0.05) is 17.4 Å². The molecule has 0 aromatic heterocycles. The number of allylic oxidation sites excluding steroid dienone is 2. The highest BCUT2D eigenvalue weighted by atomic mass is 16.1. The SMILES string of the molecule is CC1=C(C)[C@@H](c2ccccc2)C[C@H]1C(=O)c1ccccc1. The van der Waals surface area contributed by atoms with Crippen LogP contribution in [-0.4, -0.2) is 5.78 Å². The van der Waals surface area contributed by atoms with E-state index in [1.807, 2.05) is 36.4 Å². The Morgan fingerprint density at radius 2 is 1.43 bits per heavy atom. The number of hydrogen-bond acceptors (Lipinski definition) is 1. The molecule has 2 atom stereocenters. The maximum atomic E-state index is 12.7. The van der Waals surface area contributed by atoms with E-state index in [9.17, 15) is 4.79 Å². The average molecular weight is 276 g/mol. The minimum Gasteiger partial charge on any atom is -0.294 e. The smallest absolute Gasteiger partial charge is 0.169 e. The van der Waals surface area contributed by atoms with Gasteiger partial charge in [-0.25, -0.2) is 0 Å². The highest BCUT2D eigenvalue weighted by Gasteiger charge is 2.34. The van der Waals surface area contributed by atoms with E-state index in [1.165, 1.54) is 16.7 Å². The summed E-state index contributed by atoms with van der Waals surface area (Å²) in [5.41, 5.74) is 4.74. The predicted molar refractivity (Wildman–Crippen MR) is 86.4 cm³/mol. The van der Waals surface area contributed by atoms with Gasteiger partial charge in [0.2, 0.25) is 0 Å². The normalized spacial score (nSPS) is 21.6. The molecule has 1 heteroatoms. The number of hydrogen-bond donors (Lipinski definition) is 0. The first kappa shape index (κ1) is 13.8. The van der Waals surface area contributed by atoms with Gasteiger partial charge in [-0.3, -0.25) is 4.79 Å². The van der Waals surface area contributed by atoms with Gasteiger partial charge in [0.25, 0.3) is 0 Å². The van der Waals surface area contributed by atoms with Crippen molar-refractivity contribution < 1.29 is 4.79 Å². The summed E-state index contributed by atoms with van der Waals surface area (Å²) in [6, 6.07) is 20.2. The maximum Gasteiger partial charge on any atom is 0.169 e. The lowest BCUT2D eigenvalue weighted by atomic mass is 9.89. The first-order valence-electron chi connectivity index (χ1n) is 7.50. The lowest BCUT2D eigenvalue weighted by molar-refractivity contribution is 0.0938. The van der Waals surface area contributed by atoms with Gasteiger partial charge < -0.3 is 0 Å². The van der Waals surface area contributed by atoms with Crippen molar-refractivity contribution >= 4 is 5.78 Å². The second-order valence-corrected chi connectivity index (χ2v) is 5.85. The Balaban J connectivity index is 1.89. The zero-order valence-electron chi connectivity index (χ0n) is 12.5. The number of ketones is 1. The van der Waals surface area contributed by atoms with Crippen LogP contribution in [0.25, 0.3) is 0 Å². The Bertz CT molecular complexity index is 667. The number of rotatable bonds is 3. The molecular formula is C20H20O. The summed E-state index contributed by atoms with van der Waals surface area (Å²) in [6.07, 6.45) is 0.898. The topological polar surface area (TPSA) is 17.1 Å². The third kappa shape index (κ3) is 2.56. The van der Waals surface area contributed by atoms with Crippen LogP contribution in [0.4, 0.5) is 0 Å². The Labute approximate surface area is 126 Å². The summed E-state index contributed by atoms with van der Waals surface area (Å²) >= 11 is 0. The molecule has 21 heavy (non-hydrogen) atoms. The molecule has 0 aliphatic heterocycles. The molecule has 0 spiro atoms. The molecule has 0 bridgehead atoms. The van der Waals surface area contributed by atoms with Gasteiger partial charge in [0.05, 0.1) is 0 Å². The molecule has 1 aliphatic carbocycles. The predicted octanol–water partition coefficient (Wildman–Crippen LogP) is 5.01. The van der Waals surface area contributed by atoms with E-state index in [0.717, 1.165) is 12.0 Å². The third-order valence-electron chi connectivity index (χ3n) is 4.72. The minimum atomic E-state index is 0.0256. The Hall–Kier alpha value is -2.15. The van der Waals surface area contributed by atoms with E-state index in [-0.39, 0.29) is 11.7 Å². The number of benzene rings is 2. The molecule has 0 amide bonds. The molecule has 3 rings (SSSR count).